The molecule has 0 amide bonds. The summed E-state index contributed by atoms with van der Waals surface area (Å²) in [6.07, 6.45) is 7.88. The van der Waals surface area contributed by atoms with Crippen molar-refractivity contribution in [3.05, 3.63) is 0 Å². The van der Waals surface area contributed by atoms with Crippen molar-refractivity contribution in [3.8, 4) is 0 Å². The highest BCUT2D eigenvalue weighted by Gasteiger charge is 2.30. The highest BCUT2D eigenvalue weighted by Crippen LogP contribution is 2.51. The fourth-order valence-electron chi connectivity index (χ4n) is 1.88. The van der Waals surface area contributed by atoms with E-state index in [1.165, 1.54) is 12.8 Å². The quantitative estimate of drug-likeness (QED) is 0.304. The number of rotatable bonds is 14. The zero-order chi connectivity index (χ0) is 15.3. The van der Waals surface area contributed by atoms with Crippen LogP contribution in [0.15, 0.2) is 0 Å². The summed E-state index contributed by atoms with van der Waals surface area (Å²) >= 11 is 0. The van der Waals surface area contributed by atoms with Crippen LogP contribution in [0, 0.1) is 0 Å². The lowest BCUT2D eigenvalue weighted by molar-refractivity contribution is 0.0691. The Labute approximate surface area is 125 Å². The lowest BCUT2D eigenvalue weighted by Crippen LogP contribution is -2.14. The van der Waals surface area contributed by atoms with Crippen molar-refractivity contribution in [2.24, 2.45) is 0 Å². The van der Waals surface area contributed by atoms with Crippen molar-refractivity contribution in [1.29, 1.82) is 0 Å². The zero-order valence-corrected chi connectivity index (χ0v) is 14.6. The first-order valence-corrected chi connectivity index (χ1v) is 9.65. The molecule has 0 heterocycles. The van der Waals surface area contributed by atoms with Crippen molar-refractivity contribution in [1.82, 2.24) is 0 Å². The molecule has 5 heteroatoms. The van der Waals surface area contributed by atoms with Crippen LogP contribution < -0.4 is 0 Å². The predicted molar refractivity (Wildman–Crippen MR) is 84.0 cm³/mol. The normalized spacial score (nSPS) is 13.6. The van der Waals surface area contributed by atoms with Crippen molar-refractivity contribution in [2.45, 2.75) is 85.2 Å². The molecule has 0 fully saturated rings. The van der Waals surface area contributed by atoms with Gasteiger partial charge in [-0.05, 0) is 25.7 Å². The van der Waals surface area contributed by atoms with E-state index in [9.17, 15) is 4.57 Å². The minimum absolute atomic E-state index is 0.0221. The summed E-state index contributed by atoms with van der Waals surface area (Å²) in [7, 11) is -3.39. The van der Waals surface area contributed by atoms with E-state index >= 15 is 0 Å². The lowest BCUT2D eigenvalue weighted by Gasteiger charge is -2.23. The van der Waals surface area contributed by atoms with Gasteiger partial charge in [-0.25, -0.2) is 4.57 Å². The van der Waals surface area contributed by atoms with Crippen LogP contribution in [0.5, 0.6) is 0 Å². The smallest absolute Gasteiger partial charge is 0.287 e. The molecular weight excluding hydrogens is 275 g/mol. The van der Waals surface area contributed by atoms with Gasteiger partial charge >= 0.3 is 7.82 Å². The van der Waals surface area contributed by atoms with Crippen molar-refractivity contribution >= 4 is 7.82 Å². The van der Waals surface area contributed by atoms with E-state index in [4.69, 9.17) is 13.6 Å². The van der Waals surface area contributed by atoms with Crippen LogP contribution >= 0.6 is 7.82 Å². The summed E-state index contributed by atoms with van der Waals surface area (Å²) in [5.41, 5.74) is 0. The third-order valence-corrected chi connectivity index (χ3v) is 4.48. The van der Waals surface area contributed by atoms with E-state index in [2.05, 4.69) is 13.8 Å². The maximum Gasteiger partial charge on any atom is 0.475 e. The standard InChI is InChI=1S/C15H33O4P/c1-5-9-10-12-15(11-6-2)19-20(16,17-13-7-3)18-14-8-4/h15H,5-14H2,1-4H3. The number of phosphoric acid groups is 1. The first-order chi connectivity index (χ1) is 9.61. The molecule has 0 aliphatic rings. The molecule has 0 aliphatic heterocycles. The maximum absolute atomic E-state index is 12.6. The highest BCUT2D eigenvalue weighted by molar-refractivity contribution is 7.48. The number of hydrogen-bond donors (Lipinski definition) is 0. The summed E-state index contributed by atoms with van der Waals surface area (Å²) in [5, 5.41) is 0. The summed E-state index contributed by atoms with van der Waals surface area (Å²) in [4.78, 5) is 0. The van der Waals surface area contributed by atoms with E-state index in [-0.39, 0.29) is 6.10 Å². The molecule has 0 aromatic heterocycles. The average molecular weight is 308 g/mol. The summed E-state index contributed by atoms with van der Waals surface area (Å²) in [5.74, 6) is 0. The van der Waals surface area contributed by atoms with Gasteiger partial charge < -0.3 is 0 Å². The molecule has 122 valence electrons. The molecule has 0 spiro atoms. The Hall–Kier alpha value is 0.110. The lowest BCUT2D eigenvalue weighted by atomic mass is 10.1. The summed E-state index contributed by atoms with van der Waals surface area (Å²) in [6, 6.07) is 0. The van der Waals surface area contributed by atoms with Crippen LogP contribution in [0.3, 0.4) is 0 Å². The van der Waals surface area contributed by atoms with Crippen LogP contribution in [0.25, 0.3) is 0 Å². The first-order valence-electron chi connectivity index (χ1n) is 8.19. The third-order valence-electron chi connectivity index (χ3n) is 2.93. The van der Waals surface area contributed by atoms with E-state index in [1.54, 1.807) is 0 Å². The molecule has 0 radical (unpaired) electrons. The SMILES string of the molecule is CCCCCC(CCC)OP(=O)(OCCC)OCCC. The number of hydrogen-bond acceptors (Lipinski definition) is 4. The molecule has 0 saturated heterocycles. The van der Waals surface area contributed by atoms with E-state index in [0.717, 1.165) is 38.5 Å². The highest BCUT2D eigenvalue weighted by atomic mass is 31.2. The van der Waals surface area contributed by atoms with Crippen LogP contribution in [-0.2, 0) is 18.1 Å². The van der Waals surface area contributed by atoms with Gasteiger partial charge in [-0.1, -0.05) is 53.4 Å². The summed E-state index contributed by atoms with van der Waals surface area (Å²) in [6.45, 7) is 9.07. The Morgan fingerprint density at radius 2 is 1.40 bits per heavy atom. The van der Waals surface area contributed by atoms with Crippen molar-refractivity contribution in [2.75, 3.05) is 13.2 Å². The van der Waals surface area contributed by atoms with Gasteiger partial charge in [-0.3, -0.25) is 13.6 Å². The van der Waals surface area contributed by atoms with Crippen LogP contribution in [0.1, 0.15) is 79.1 Å². The summed E-state index contributed by atoms with van der Waals surface area (Å²) < 4.78 is 29.1. The first kappa shape index (κ1) is 20.1. The molecular formula is C15H33O4P. The minimum atomic E-state index is -3.39. The van der Waals surface area contributed by atoms with Gasteiger partial charge in [0.2, 0.25) is 0 Å². The second-order valence-electron chi connectivity index (χ2n) is 5.13. The zero-order valence-electron chi connectivity index (χ0n) is 13.7. The van der Waals surface area contributed by atoms with E-state index < -0.39 is 7.82 Å². The van der Waals surface area contributed by atoms with Crippen LogP contribution in [0.4, 0.5) is 0 Å². The molecule has 20 heavy (non-hydrogen) atoms. The van der Waals surface area contributed by atoms with Gasteiger partial charge in [0.25, 0.3) is 0 Å². The minimum Gasteiger partial charge on any atom is -0.287 e. The molecule has 0 aromatic rings. The second kappa shape index (κ2) is 12.8. The Balaban J connectivity index is 4.47. The molecule has 0 aromatic carbocycles. The molecule has 0 aliphatic carbocycles. The Morgan fingerprint density at radius 1 is 0.800 bits per heavy atom. The monoisotopic (exact) mass is 308 g/mol. The average Bonchev–Trinajstić information content (AvgIpc) is 2.43. The molecule has 0 rings (SSSR count). The van der Waals surface area contributed by atoms with Crippen LogP contribution in [0.2, 0.25) is 0 Å². The van der Waals surface area contributed by atoms with Gasteiger partial charge in [0.1, 0.15) is 0 Å². The number of phosphoric ester groups is 1. The van der Waals surface area contributed by atoms with E-state index in [0.29, 0.717) is 13.2 Å². The third kappa shape index (κ3) is 9.93. The number of unbranched alkanes of at least 4 members (excludes halogenated alkanes) is 2. The molecule has 1 atom stereocenters. The van der Waals surface area contributed by atoms with Gasteiger partial charge in [-0.2, -0.15) is 0 Å². The van der Waals surface area contributed by atoms with E-state index in [1.807, 2.05) is 13.8 Å². The van der Waals surface area contributed by atoms with Gasteiger partial charge in [0.05, 0.1) is 19.3 Å². The Kier molecular flexibility index (Phi) is 12.9. The van der Waals surface area contributed by atoms with Crippen LogP contribution in [-0.4, -0.2) is 19.3 Å². The molecule has 4 nitrogen and oxygen atoms in total. The molecule has 0 saturated carbocycles. The molecule has 0 bridgehead atoms. The maximum atomic E-state index is 12.6. The van der Waals surface area contributed by atoms with Gasteiger partial charge in [0.15, 0.2) is 0 Å². The molecule has 0 N–H and O–H groups in total. The Bertz CT molecular complexity index is 246. The Morgan fingerprint density at radius 3 is 1.85 bits per heavy atom. The second-order valence-corrected chi connectivity index (χ2v) is 6.75. The molecule has 1 unspecified atom stereocenters. The van der Waals surface area contributed by atoms with Crippen molar-refractivity contribution < 1.29 is 18.1 Å². The predicted octanol–water partition coefficient (Wildman–Crippen LogP) is 5.71. The van der Waals surface area contributed by atoms with Crippen molar-refractivity contribution in [3.63, 3.8) is 0 Å². The van der Waals surface area contributed by atoms with Gasteiger partial charge in [-0.15, -0.1) is 0 Å². The van der Waals surface area contributed by atoms with Gasteiger partial charge in [0, 0.05) is 0 Å². The fraction of sp³-hybridized carbons (Fsp3) is 1.00. The fourth-order valence-corrected chi connectivity index (χ4v) is 3.47. The topological polar surface area (TPSA) is 44.8 Å². The largest absolute Gasteiger partial charge is 0.475 e.